The molecule has 25 heavy (non-hydrogen) atoms. The molecular formula is C18H30N2O4S. The van der Waals surface area contributed by atoms with Crippen LogP contribution in [0.25, 0.3) is 0 Å². The van der Waals surface area contributed by atoms with Crippen LogP contribution in [0.3, 0.4) is 0 Å². The summed E-state index contributed by atoms with van der Waals surface area (Å²) in [5.41, 5.74) is 0.750. The van der Waals surface area contributed by atoms with Gasteiger partial charge in [0.2, 0.25) is 15.9 Å². The predicted molar refractivity (Wildman–Crippen MR) is 99.3 cm³/mol. The van der Waals surface area contributed by atoms with Crippen molar-refractivity contribution in [2.75, 3.05) is 19.7 Å². The maximum atomic E-state index is 12.8. The summed E-state index contributed by atoms with van der Waals surface area (Å²) in [4.78, 5) is 12.3. The van der Waals surface area contributed by atoms with E-state index in [9.17, 15) is 13.2 Å². The van der Waals surface area contributed by atoms with Crippen LogP contribution in [0.4, 0.5) is 0 Å². The van der Waals surface area contributed by atoms with Crippen molar-refractivity contribution in [3.8, 4) is 5.75 Å². The molecule has 0 aliphatic carbocycles. The maximum absolute atomic E-state index is 12.8. The molecule has 1 atom stereocenters. The fourth-order valence-electron chi connectivity index (χ4n) is 2.60. The molecule has 0 saturated heterocycles. The Labute approximate surface area is 151 Å². The zero-order valence-corrected chi connectivity index (χ0v) is 16.6. The van der Waals surface area contributed by atoms with Crippen LogP contribution in [0.1, 0.15) is 46.1 Å². The van der Waals surface area contributed by atoms with Gasteiger partial charge in [0, 0.05) is 12.6 Å². The van der Waals surface area contributed by atoms with Gasteiger partial charge >= 0.3 is 0 Å². The number of amides is 1. The van der Waals surface area contributed by atoms with Crippen LogP contribution in [0, 0.1) is 6.92 Å². The lowest BCUT2D eigenvalue weighted by Gasteiger charge is -2.22. The second-order valence-corrected chi connectivity index (χ2v) is 7.99. The monoisotopic (exact) mass is 370 g/mol. The van der Waals surface area contributed by atoms with Crippen molar-refractivity contribution >= 4 is 15.9 Å². The first-order chi connectivity index (χ1) is 11.8. The Kier molecular flexibility index (Phi) is 8.38. The fourth-order valence-corrected chi connectivity index (χ4v) is 4.09. The molecule has 1 rings (SSSR count). The number of ether oxygens (including phenoxy) is 1. The van der Waals surface area contributed by atoms with Crippen LogP contribution in [0.5, 0.6) is 5.75 Å². The molecule has 7 heteroatoms. The van der Waals surface area contributed by atoms with E-state index in [1.807, 2.05) is 20.8 Å². The number of benzene rings is 1. The van der Waals surface area contributed by atoms with Gasteiger partial charge in [-0.25, -0.2) is 8.42 Å². The molecule has 6 nitrogen and oxygen atoms in total. The summed E-state index contributed by atoms with van der Waals surface area (Å²) in [7, 11) is -3.73. The lowest BCUT2D eigenvalue weighted by Crippen LogP contribution is -2.43. The number of nitrogens with one attached hydrogen (secondary N) is 1. The maximum Gasteiger partial charge on any atom is 0.243 e. The Morgan fingerprint density at radius 2 is 1.96 bits per heavy atom. The second kappa shape index (κ2) is 9.77. The number of sulfonamides is 1. The molecule has 0 bridgehead atoms. The van der Waals surface area contributed by atoms with Crippen LogP contribution in [0.15, 0.2) is 23.1 Å². The van der Waals surface area contributed by atoms with E-state index in [1.165, 1.54) is 10.4 Å². The predicted octanol–water partition coefficient (Wildman–Crippen LogP) is 2.71. The van der Waals surface area contributed by atoms with Gasteiger partial charge in [0.25, 0.3) is 0 Å². The highest BCUT2D eigenvalue weighted by Crippen LogP contribution is 2.24. The number of rotatable bonds is 10. The minimum atomic E-state index is -3.73. The van der Waals surface area contributed by atoms with E-state index in [1.54, 1.807) is 26.0 Å². The summed E-state index contributed by atoms with van der Waals surface area (Å²) in [6.07, 6.45) is 1.82. The quantitative estimate of drug-likeness (QED) is 0.687. The van der Waals surface area contributed by atoms with Gasteiger partial charge in [-0.05, 0) is 51.0 Å². The van der Waals surface area contributed by atoms with Crippen molar-refractivity contribution in [2.45, 2.75) is 58.4 Å². The summed E-state index contributed by atoms with van der Waals surface area (Å²) >= 11 is 0. The van der Waals surface area contributed by atoms with Crippen LogP contribution < -0.4 is 10.1 Å². The first kappa shape index (κ1) is 21.4. The number of hydrogen-bond acceptors (Lipinski definition) is 4. The molecule has 0 aliphatic heterocycles. The normalized spacial score (nSPS) is 12.9. The molecule has 1 N–H and O–H groups in total. The molecule has 0 radical (unpaired) electrons. The molecule has 0 unspecified atom stereocenters. The minimum absolute atomic E-state index is 0.0339. The zero-order chi connectivity index (χ0) is 19.0. The third-order valence-corrected chi connectivity index (χ3v) is 5.80. The number of carbonyl (C=O) groups excluding carboxylic acids is 1. The molecule has 1 amide bonds. The van der Waals surface area contributed by atoms with Gasteiger partial charge in [-0.1, -0.05) is 20.3 Å². The van der Waals surface area contributed by atoms with Gasteiger partial charge in [0.15, 0.2) is 0 Å². The van der Waals surface area contributed by atoms with Gasteiger partial charge in [0.1, 0.15) is 5.75 Å². The lowest BCUT2D eigenvalue weighted by molar-refractivity contribution is -0.121. The number of aryl methyl sites for hydroxylation is 1. The van der Waals surface area contributed by atoms with E-state index in [2.05, 4.69) is 5.32 Å². The third-order valence-electron chi connectivity index (χ3n) is 3.89. The van der Waals surface area contributed by atoms with Gasteiger partial charge in [-0.2, -0.15) is 4.31 Å². The molecular weight excluding hydrogens is 340 g/mol. The van der Waals surface area contributed by atoms with Crippen molar-refractivity contribution in [3.63, 3.8) is 0 Å². The van der Waals surface area contributed by atoms with E-state index in [0.717, 1.165) is 18.4 Å². The van der Waals surface area contributed by atoms with Crippen molar-refractivity contribution in [3.05, 3.63) is 23.8 Å². The van der Waals surface area contributed by atoms with Crippen LogP contribution in [-0.2, 0) is 14.8 Å². The highest BCUT2D eigenvalue weighted by molar-refractivity contribution is 7.89. The summed E-state index contributed by atoms with van der Waals surface area (Å²) in [5.74, 6) is 0.379. The molecule has 0 fully saturated rings. The highest BCUT2D eigenvalue weighted by atomic mass is 32.2. The minimum Gasteiger partial charge on any atom is -0.494 e. The second-order valence-electron chi connectivity index (χ2n) is 6.05. The lowest BCUT2D eigenvalue weighted by atomic mass is 10.2. The van der Waals surface area contributed by atoms with E-state index in [-0.39, 0.29) is 29.9 Å². The SMILES string of the molecule is CCC[C@@H](C)NC(=O)CN(CC)S(=O)(=O)c1ccc(OCC)c(C)c1. The topological polar surface area (TPSA) is 75.7 Å². The summed E-state index contributed by atoms with van der Waals surface area (Å²) < 4.78 is 32.3. The Morgan fingerprint density at radius 3 is 2.48 bits per heavy atom. The van der Waals surface area contributed by atoms with Crippen LogP contribution in [0.2, 0.25) is 0 Å². The van der Waals surface area contributed by atoms with Gasteiger partial charge in [0.05, 0.1) is 18.0 Å². The standard InChI is InChI=1S/C18H30N2O4S/c1-6-9-15(5)19-18(21)13-20(7-2)25(22,23)16-10-11-17(24-8-3)14(4)12-16/h10-12,15H,6-9,13H2,1-5H3,(H,19,21)/t15-/m1/s1. The Morgan fingerprint density at radius 1 is 1.28 bits per heavy atom. The fraction of sp³-hybridized carbons (Fsp3) is 0.611. The number of likely N-dealkylation sites (N-methyl/N-ethyl adjacent to an activating group) is 1. The van der Waals surface area contributed by atoms with Gasteiger partial charge < -0.3 is 10.1 Å². The molecule has 0 aliphatic rings. The van der Waals surface area contributed by atoms with Crippen LogP contribution in [-0.4, -0.2) is 44.4 Å². The Hall–Kier alpha value is -1.60. The smallest absolute Gasteiger partial charge is 0.243 e. The number of hydrogen-bond donors (Lipinski definition) is 1. The van der Waals surface area contributed by atoms with E-state index in [0.29, 0.717) is 12.4 Å². The largest absolute Gasteiger partial charge is 0.494 e. The average Bonchev–Trinajstić information content (AvgIpc) is 2.54. The molecule has 0 saturated carbocycles. The highest BCUT2D eigenvalue weighted by Gasteiger charge is 2.26. The van der Waals surface area contributed by atoms with E-state index >= 15 is 0 Å². The molecule has 0 spiro atoms. The third kappa shape index (κ3) is 6.01. The Balaban J connectivity index is 2.93. The number of carbonyl (C=O) groups is 1. The number of nitrogens with zero attached hydrogens (tertiary/aromatic N) is 1. The van der Waals surface area contributed by atoms with Crippen LogP contribution >= 0.6 is 0 Å². The summed E-state index contributed by atoms with van der Waals surface area (Å²) in [6.45, 7) is 9.93. The van der Waals surface area contributed by atoms with Crippen molar-refractivity contribution in [1.29, 1.82) is 0 Å². The molecule has 0 aromatic heterocycles. The van der Waals surface area contributed by atoms with Crippen molar-refractivity contribution in [1.82, 2.24) is 9.62 Å². The van der Waals surface area contributed by atoms with E-state index < -0.39 is 10.0 Å². The summed E-state index contributed by atoms with van der Waals surface area (Å²) in [5, 5.41) is 2.84. The molecule has 0 heterocycles. The van der Waals surface area contributed by atoms with Crippen molar-refractivity contribution < 1.29 is 17.9 Å². The Bertz CT molecular complexity index is 674. The molecule has 142 valence electrons. The molecule has 1 aromatic carbocycles. The average molecular weight is 371 g/mol. The van der Waals surface area contributed by atoms with Gasteiger partial charge in [-0.3, -0.25) is 4.79 Å². The first-order valence-electron chi connectivity index (χ1n) is 8.79. The summed E-state index contributed by atoms with van der Waals surface area (Å²) in [6, 6.07) is 4.79. The molecule has 1 aromatic rings. The van der Waals surface area contributed by atoms with E-state index in [4.69, 9.17) is 4.74 Å². The first-order valence-corrected chi connectivity index (χ1v) is 10.2. The van der Waals surface area contributed by atoms with Gasteiger partial charge in [-0.15, -0.1) is 0 Å². The zero-order valence-electron chi connectivity index (χ0n) is 15.8. The van der Waals surface area contributed by atoms with Crippen molar-refractivity contribution in [2.24, 2.45) is 0 Å².